The second kappa shape index (κ2) is 4.29. The average Bonchev–Trinajstić information content (AvgIpc) is 2.79. The number of rotatable bonds is 3. The number of carbonyl (C=O) groups is 1. The largest absolute Gasteiger partial charge is 0.481 e. The van der Waals surface area contributed by atoms with E-state index >= 15 is 0 Å². The first kappa shape index (κ1) is 12.4. The van der Waals surface area contributed by atoms with Gasteiger partial charge in [-0.3, -0.25) is 4.79 Å². The molecule has 2 aromatic rings. The third-order valence-corrected chi connectivity index (χ3v) is 3.06. The summed E-state index contributed by atoms with van der Waals surface area (Å²) in [7, 11) is 0. The predicted octanol–water partition coefficient (Wildman–Crippen LogP) is 2.54. The normalized spacial score (nSPS) is 11.5. The van der Waals surface area contributed by atoms with E-state index in [0.717, 1.165) is 5.69 Å². The Labute approximate surface area is 106 Å². The van der Waals surface area contributed by atoms with Gasteiger partial charge in [0.05, 0.1) is 11.4 Å². The summed E-state index contributed by atoms with van der Waals surface area (Å²) >= 11 is 0. The summed E-state index contributed by atoms with van der Waals surface area (Å²) in [6.07, 6.45) is 1.78. The Bertz CT molecular complexity index is 568. The van der Waals surface area contributed by atoms with Gasteiger partial charge in [-0.05, 0) is 39.0 Å². The van der Waals surface area contributed by atoms with Gasteiger partial charge in [0.15, 0.2) is 0 Å². The molecule has 0 spiro atoms. The number of carboxylic acids is 1. The molecule has 0 saturated heterocycles. The van der Waals surface area contributed by atoms with E-state index in [1.165, 1.54) is 5.56 Å². The lowest BCUT2D eigenvalue weighted by atomic mass is 9.90. The lowest BCUT2D eigenvalue weighted by molar-refractivity contribution is -0.142. The molecule has 1 N–H and O–H groups in total. The molecule has 0 atom stereocenters. The van der Waals surface area contributed by atoms with E-state index < -0.39 is 11.4 Å². The Morgan fingerprint density at radius 2 is 1.83 bits per heavy atom. The summed E-state index contributed by atoms with van der Waals surface area (Å²) in [5, 5.41) is 13.5. The van der Waals surface area contributed by atoms with Gasteiger partial charge in [-0.15, -0.1) is 0 Å². The number of aliphatic carboxylic acids is 1. The van der Waals surface area contributed by atoms with Crippen molar-refractivity contribution in [3.63, 3.8) is 0 Å². The van der Waals surface area contributed by atoms with Crippen LogP contribution in [0.5, 0.6) is 0 Å². The molecule has 0 radical (unpaired) electrons. The third-order valence-electron chi connectivity index (χ3n) is 3.06. The fourth-order valence-electron chi connectivity index (χ4n) is 1.61. The van der Waals surface area contributed by atoms with E-state index in [1.54, 1.807) is 30.8 Å². The molecule has 0 bridgehead atoms. The Hall–Kier alpha value is -2.10. The van der Waals surface area contributed by atoms with Gasteiger partial charge in [-0.25, -0.2) is 4.68 Å². The van der Waals surface area contributed by atoms with Gasteiger partial charge in [0.25, 0.3) is 0 Å². The Kier molecular flexibility index (Phi) is 2.95. The van der Waals surface area contributed by atoms with Crippen LogP contribution < -0.4 is 0 Å². The molecule has 94 valence electrons. The number of aryl methyl sites for hydroxylation is 1. The smallest absolute Gasteiger partial charge is 0.315 e. The highest BCUT2D eigenvalue weighted by molar-refractivity contribution is 5.79. The molecule has 0 aliphatic heterocycles. The molecular formula is C14H16N2O2. The molecule has 0 saturated carbocycles. The maximum absolute atomic E-state index is 11.2. The second-order valence-corrected chi connectivity index (χ2v) is 4.91. The molecule has 0 amide bonds. The molecule has 0 aliphatic rings. The average molecular weight is 244 g/mol. The number of nitrogens with zero attached hydrogens (tertiary/aromatic N) is 2. The van der Waals surface area contributed by atoms with Crippen molar-refractivity contribution >= 4 is 5.97 Å². The summed E-state index contributed by atoms with van der Waals surface area (Å²) in [5.74, 6) is -0.878. The highest BCUT2D eigenvalue weighted by Crippen LogP contribution is 2.22. The third kappa shape index (κ3) is 2.14. The number of aromatic nitrogens is 2. The monoisotopic (exact) mass is 244 g/mol. The van der Waals surface area contributed by atoms with Gasteiger partial charge in [0.2, 0.25) is 0 Å². The zero-order chi connectivity index (χ0) is 13.3. The highest BCUT2D eigenvalue weighted by atomic mass is 16.4. The number of benzene rings is 1. The van der Waals surface area contributed by atoms with Crippen molar-refractivity contribution in [2.45, 2.75) is 26.2 Å². The first-order valence-electron chi connectivity index (χ1n) is 5.78. The van der Waals surface area contributed by atoms with Gasteiger partial charge >= 0.3 is 5.97 Å². The maximum atomic E-state index is 11.2. The standard InChI is InChI=1S/C14H16N2O2/c1-10-4-6-11(7-5-10)16-9-8-12(15-16)14(2,3)13(17)18/h4-9H,1-3H3,(H,17,18). The minimum absolute atomic E-state index is 0.551. The van der Waals surface area contributed by atoms with Crippen LogP contribution in [0.1, 0.15) is 25.1 Å². The molecule has 0 fully saturated rings. The first-order chi connectivity index (χ1) is 8.41. The fraction of sp³-hybridized carbons (Fsp3) is 0.286. The molecule has 1 aromatic heterocycles. The summed E-state index contributed by atoms with van der Waals surface area (Å²) < 4.78 is 1.69. The SMILES string of the molecule is Cc1ccc(-n2ccc(C(C)(C)C(=O)O)n2)cc1. The van der Waals surface area contributed by atoms with Crippen LogP contribution in [0, 0.1) is 6.92 Å². The molecule has 2 rings (SSSR count). The van der Waals surface area contributed by atoms with Crippen LogP contribution in [0.2, 0.25) is 0 Å². The minimum atomic E-state index is -0.976. The van der Waals surface area contributed by atoms with Gasteiger partial charge in [-0.2, -0.15) is 5.10 Å². The predicted molar refractivity (Wildman–Crippen MR) is 69.0 cm³/mol. The van der Waals surface area contributed by atoms with E-state index in [1.807, 2.05) is 31.2 Å². The van der Waals surface area contributed by atoms with Gasteiger partial charge in [0.1, 0.15) is 5.41 Å². The van der Waals surface area contributed by atoms with Crippen LogP contribution in [0.3, 0.4) is 0 Å². The van der Waals surface area contributed by atoms with Crippen LogP contribution in [0.15, 0.2) is 36.5 Å². The molecular weight excluding hydrogens is 228 g/mol. The van der Waals surface area contributed by atoms with E-state index in [2.05, 4.69) is 5.10 Å². The van der Waals surface area contributed by atoms with Crippen molar-refractivity contribution in [3.8, 4) is 5.69 Å². The van der Waals surface area contributed by atoms with Crippen LogP contribution in [0.25, 0.3) is 5.69 Å². The number of carboxylic acid groups (broad SMARTS) is 1. The molecule has 4 heteroatoms. The fourth-order valence-corrected chi connectivity index (χ4v) is 1.61. The molecule has 1 heterocycles. The van der Waals surface area contributed by atoms with Crippen LogP contribution >= 0.6 is 0 Å². The summed E-state index contributed by atoms with van der Waals surface area (Å²) in [6.45, 7) is 5.32. The quantitative estimate of drug-likeness (QED) is 0.902. The van der Waals surface area contributed by atoms with Gasteiger partial charge in [-0.1, -0.05) is 17.7 Å². The molecule has 4 nitrogen and oxygen atoms in total. The van der Waals surface area contributed by atoms with Crippen LogP contribution in [-0.2, 0) is 10.2 Å². The second-order valence-electron chi connectivity index (χ2n) is 4.91. The van der Waals surface area contributed by atoms with E-state index in [4.69, 9.17) is 5.11 Å². The topological polar surface area (TPSA) is 55.1 Å². The Balaban J connectivity index is 2.37. The van der Waals surface area contributed by atoms with Crippen LogP contribution in [-0.4, -0.2) is 20.9 Å². The van der Waals surface area contributed by atoms with Crippen molar-refractivity contribution in [2.75, 3.05) is 0 Å². The Morgan fingerprint density at radius 1 is 1.22 bits per heavy atom. The lowest BCUT2D eigenvalue weighted by Crippen LogP contribution is -2.29. The minimum Gasteiger partial charge on any atom is -0.481 e. The zero-order valence-corrected chi connectivity index (χ0v) is 10.7. The Morgan fingerprint density at radius 3 is 2.39 bits per heavy atom. The molecule has 0 unspecified atom stereocenters. The highest BCUT2D eigenvalue weighted by Gasteiger charge is 2.31. The summed E-state index contributed by atoms with van der Waals surface area (Å²) in [4.78, 5) is 11.2. The lowest BCUT2D eigenvalue weighted by Gasteiger charge is -2.15. The molecule has 1 aromatic carbocycles. The number of hydrogen-bond acceptors (Lipinski definition) is 2. The van der Waals surface area contributed by atoms with Crippen molar-refractivity contribution in [2.24, 2.45) is 0 Å². The van der Waals surface area contributed by atoms with E-state index in [9.17, 15) is 4.79 Å². The first-order valence-corrected chi connectivity index (χ1v) is 5.78. The van der Waals surface area contributed by atoms with E-state index in [0.29, 0.717) is 5.69 Å². The van der Waals surface area contributed by atoms with Gasteiger partial charge in [0, 0.05) is 6.20 Å². The van der Waals surface area contributed by atoms with Crippen molar-refractivity contribution in [1.82, 2.24) is 9.78 Å². The van der Waals surface area contributed by atoms with E-state index in [-0.39, 0.29) is 0 Å². The summed E-state index contributed by atoms with van der Waals surface area (Å²) in [5.41, 5.74) is 1.68. The van der Waals surface area contributed by atoms with Crippen molar-refractivity contribution < 1.29 is 9.90 Å². The molecule has 0 aliphatic carbocycles. The maximum Gasteiger partial charge on any atom is 0.315 e. The summed E-state index contributed by atoms with van der Waals surface area (Å²) in [6, 6.07) is 9.66. The zero-order valence-electron chi connectivity index (χ0n) is 10.7. The van der Waals surface area contributed by atoms with Crippen molar-refractivity contribution in [3.05, 3.63) is 47.8 Å². The molecule has 18 heavy (non-hydrogen) atoms. The number of hydrogen-bond donors (Lipinski definition) is 1. The van der Waals surface area contributed by atoms with Gasteiger partial charge < -0.3 is 5.11 Å². The van der Waals surface area contributed by atoms with Crippen LogP contribution in [0.4, 0.5) is 0 Å². The van der Waals surface area contributed by atoms with Crippen molar-refractivity contribution in [1.29, 1.82) is 0 Å².